The van der Waals surface area contributed by atoms with Gasteiger partial charge in [-0.3, -0.25) is 4.79 Å². The lowest BCUT2D eigenvalue weighted by Gasteiger charge is -2.14. The third kappa shape index (κ3) is 3.70. The van der Waals surface area contributed by atoms with E-state index in [1.807, 2.05) is 43.3 Å². The molecule has 4 aromatic rings. The molecule has 0 aliphatic carbocycles. The molecule has 0 bridgehead atoms. The van der Waals surface area contributed by atoms with E-state index in [4.69, 9.17) is 11.4 Å². The fourth-order valence-electron chi connectivity index (χ4n) is 3.81. The predicted molar refractivity (Wildman–Crippen MR) is 131 cm³/mol. The second kappa shape index (κ2) is 8.52. The first-order valence-corrected chi connectivity index (χ1v) is 11.0. The minimum absolute atomic E-state index is 0.0850. The molecule has 0 aliphatic heterocycles. The average molecular weight is 475 g/mol. The van der Waals surface area contributed by atoms with Gasteiger partial charge in [0.1, 0.15) is 5.82 Å². The molecule has 0 spiro atoms. The summed E-state index contributed by atoms with van der Waals surface area (Å²) in [5.74, 6) is 3.46. The average Bonchev–Trinajstić information content (AvgIpc) is 3.04. The molecule has 0 N–H and O–H groups in total. The Bertz CT molecular complexity index is 1420. The fraction of sp³-hybridized carbons (Fsp3) is 0.240. The van der Waals surface area contributed by atoms with Crippen LogP contribution in [0.5, 0.6) is 0 Å². The quantitative estimate of drug-likeness (QED) is 0.285. The van der Waals surface area contributed by atoms with E-state index in [1.54, 1.807) is 12.3 Å². The third-order valence-electron chi connectivity index (χ3n) is 5.72. The second-order valence-corrected chi connectivity index (χ2v) is 8.52. The number of hydrogen-bond donors (Lipinski definition) is 0. The molecule has 0 saturated carbocycles. The highest BCUT2D eigenvalue weighted by Gasteiger charge is 2.17. The summed E-state index contributed by atoms with van der Waals surface area (Å²) in [6.45, 7) is 6.63. The summed E-state index contributed by atoms with van der Waals surface area (Å²) in [5.41, 5.74) is 3.51. The minimum atomic E-state index is -0.178. The number of fused-ring (bicyclic) bond motifs is 2. The predicted octanol–water partition coefficient (Wildman–Crippen LogP) is 5.45. The standard InChI is InChI=1S/C25H23BrN4O/c1-5-13-29-17(4)21(19-9-7-8-10-23(19)29)15-27-30-24(16(3)6-2)28-22-12-11-18(26)14-20(22)25(30)31/h1,7-12,14-16H,6,13H2,2-4H3/t16-/m0/s1. The van der Waals surface area contributed by atoms with Gasteiger partial charge in [0, 0.05) is 32.6 Å². The maximum absolute atomic E-state index is 13.4. The van der Waals surface area contributed by atoms with Crippen molar-refractivity contribution in [3.8, 4) is 12.3 Å². The highest BCUT2D eigenvalue weighted by atomic mass is 79.9. The SMILES string of the molecule is C#CCn1c(C)c(C=Nn2c([C@@H](C)CC)nc3ccc(Br)cc3c2=O)c2ccccc21. The molecule has 5 nitrogen and oxygen atoms in total. The Morgan fingerprint density at radius 3 is 2.77 bits per heavy atom. The number of hydrogen-bond acceptors (Lipinski definition) is 3. The van der Waals surface area contributed by atoms with E-state index in [0.717, 1.165) is 33.1 Å². The van der Waals surface area contributed by atoms with Gasteiger partial charge >= 0.3 is 0 Å². The monoisotopic (exact) mass is 474 g/mol. The molecule has 0 radical (unpaired) electrons. The number of terminal acetylenes is 1. The molecule has 0 aliphatic rings. The molecule has 4 rings (SSSR count). The molecule has 0 fully saturated rings. The van der Waals surface area contributed by atoms with Crippen LogP contribution in [-0.2, 0) is 6.54 Å². The van der Waals surface area contributed by atoms with Crippen LogP contribution in [-0.4, -0.2) is 20.4 Å². The zero-order valence-corrected chi connectivity index (χ0v) is 19.3. The summed E-state index contributed by atoms with van der Waals surface area (Å²) in [7, 11) is 0. The Labute approximate surface area is 189 Å². The summed E-state index contributed by atoms with van der Waals surface area (Å²) in [5, 5.41) is 6.23. The first kappa shape index (κ1) is 21.1. The molecule has 2 aromatic carbocycles. The Morgan fingerprint density at radius 2 is 2.03 bits per heavy atom. The van der Waals surface area contributed by atoms with Crippen LogP contribution >= 0.6 is 15.9 Å². The van der Waals surface area contributed by atoms with Gasteiger partial charge in [-0.25, -0.2) is 4.98 Å². The molecule has 6 heteroatoms. The highest BCUT2D eigenvalue weighted by Crippen LogP contribution is 2.25. The van der Waals surface area contributed by atoms with Gasteiger partial charge in [-0.2, -0.15) is 9.78 Å². The van der Waals surface area contributed by atoms with Crippen molar-refractivity contribution in [2.75, 3.05) is 0 Å². The van der Waals surface area contributed by atoms with Crippen molar-refractivity contribution >= 4 is 44.0 Å². The minimum Gasteiger partial charge on any atom is -0.333 e. The van der Waals surface area contributed by atoms with E-state index in [-0.39, 0.29) is 11.5 Å². The van der Waals surface area contributed by atoms with Crippen LogP contribution in [0.4, 0.5) is 0 Å². The van der Waals surface area contributed by atoms with E-state index in [2.05, 4.69) is 45.4 Å². The summed E-state index contributed by atoms with van der Waals surface area (Å²) in [6, 6.07) is 13.6. The molecule has 31 heavy (non-hydrogen) atoms. The molecule has 1 atom stereocenters. The molecule has 156 valence electrons. The van der Waals surface area contributed by atoms with Crippen LogP contribution in [0.3, 0.4) is 0 Å². The molecule has 0 unspecified atom stereocenters. The van der Waals surface area contributed by atoms with Crippen LogP contribution in [0.25, 0.3) is 21.8 Å². The van der Waals surface area contributed by atoms with Crippen molar-refractivity contribution in [2.45, 2.75) is 39.7 Å². The van der Waals surface area contributed by atoms with Crippen molar-refractivity contribution in [1.29, 1.82) is 0 Å². The zero-order valence-electron chi connectivity index (χ0n) is 17.8. The summed E-state index contributed by atoms with van der Waals surface area (Å²) in [4.78, 5) is 18.1. The number of rotatable bonds is 5. The smallest absolute Gasteiger partial charge is 0.282 e. The summed E-state index contributed by atoms with van der Waals surface area (Å²) >= 11 is 3.45. The van der Waals surface area contributed by atoms with Crippen molar-refractivity contribution in [3.05, 3.63) is 74.4 Å². The van der Waals surface area contributed by atoms with Crippen LogP contribution in [0.2, 0.25) is 0 Å². The van der Waals surface area contributed by atoms with Crippen molar-refractivity contribution in [1.82, 2.24) is 14.2 Å². The largest absolute Gasteiger partial charge is 0.333 e. The lowest BCUT2D eigenvalue weighted by Crippen LogP contribution is -2.23. The topological polar surface area (TPSA) is 52.2 Å². The van der Waals surface area contributed by atoms with Gasteiger partial charge < -0.3 is 4.57 Å². The van der Waals surface area contributed by atoms with Gasteiger partial charge in [0.2, 0.25) is 0 Å². The molecule has 0 saturated heterocycles. The van der Waals surface area contributed by atoms with Crippen molar-refractivity contribution in [3.63, 3.8) is 0 Å². The molecule has 2 heterocycles. The lowest BCUT2D eigenvalue weighted by molar-refractivity contribution is 0.613. The van der Waals surface area contributed by atoms with E-state index < -0.39 is 0 Å². The Balaban J connectivity index is 1.95. The van der Waals surface area contributed by atoms with Gasteiger partial charge in [-0.05, 0) is 37.6 Å². The Kier molecular flexibility index (Phi) is 5.79. The van der Waals surface area contributed by atoms with Gasteiger partial charge in [0.25, 0.3) is 5.56 Å². The van der Waals surface area contributed by atoms with E-state index in [9.17, 15) is 4.79 Å². The number of para-hydroxylation sites is 1. The second-order valence-electron chi connectivity index (χ2n) is 7.61. The van der Waals surface area contributed by atoms with Gasteiger partial charge in [0.15, 0.2) is 0 Å². The number of benzene rings is 2. The highest BCUT2D eigenvalue weighted by molar-refractivity contribution is 9.10. The van der Waals surface area contributed by atoms with Crippen LogP contribution < -0.4 is 5.56 Å². The van der Waals surface area contributed by atoms with Crippen molar-refractivity contribution in [2.24, 2.45) is 5.10 Å². The Hall–Kier alpha value is -3.17. The van der Waals surface area contributed by atoms with Crippen LogP contribution in [0, 0.1) is 19.3 Å². The zero-order chi connectivity index (χ0) is 22.1. The molecule has 2 aromatic heterocycles. The third-order valence-corrected chi connectivity index (χ3v) is 6.21. The lowest BCUT2D eigenvalue weighted by atomic mass is 10.1. The van der Waals surface area contributed by atoms with Gasteiger partial charge in [0.05, 0.1) is 23.7 Å². The maximum Gasteiger partial charge on any atom is 0.282 e. The number of nitrogens with zero attached hydrogens (tertiary/aromatic N) is 4. The van der Waals surface area contributed by atoms with Gasteiger partial charge in [-0.1, -0.05) is 53.9 Å². The molecular weight excluding hydrogens is 452 g/mol. The Morgan fingerprint density at radius 1 is 1.26 bits per heavy atom. The van der Waals surface area contributed by atoms with Crippen LogP contribution in [0.15, 0.2) is 56.8 Å². The first-order valence-electron chi connectivity index (χ1n) is 10.2. The van der Waals surface area contributed by atoms with E-state index >= 15 is 0 Å². The molecular formula is C25H23BrN4O. The van der Waals surface area contributed by atoms with Crippen molar-refractivity contribution < 1.29 is 0 Å². The normalized spacial score (nSPS) is 12.6. The maximum atomic E-state index is 13.4. The first-order chi connectivity index (χ1) is 15.0. The summed E-state index contributed by atoms with van der Waals surface area (Å²) in [6.07, 6.45) is 8.19. The van der Waals surface area contributed by atoms with E-state index in [1.165, 1.54) is 4.68 Å². The molecule has 0 amide bonds. The number of aromatic nitrogens is 3. The fourth-order valence-corrected chi connectivity index (χ4v) is 4.17. The summed E-state index contributed by atoms with van der Waals surface area (Å²) < 4.78 is 4.36. The number of halogens is 1. The van der Waals surface area contributed by atoms with E-state index in [0.29, 0.717) is 23.3 Å². The van der Waals surface area contributed by atoms with Crippen LogP contribution in [0.1, 0.15) is 43.3 Å². The van der Waals surface area contributed by atoms with Gasteiger partial charge in [-0.15, -0.1) is 6.42 Å².